The van der Waals surface area contributed by atoms with E-state index >= 15 is 0 Å². The topological polar surface area (TPSA) is 79.9 Å². The maximum absolute atomic E-state index is 12.7. The predicted octanol–water partition coefficient (Wildman–Crippen LogP) is 2.54. The normalized spacial score (nSPS) is 18.1. The summed E-state index contributed by atoms with van der Waals surface area (Å²) in [4.78, 5) is 27.3. The third-order valence-corrected chi connectivity index (χ3v) is 5.34. The number of carbonyl (C=O) groups is 2. The number of benzene rings is 2. The lowest BCUT2D eigenvalue weighted by atomic mass is 9.95. The first-order valence-electron chi connectivity index (χ1n) is 9.46. The van der Waals surface area contributed by atoms with Crippen molar-refractivity contribution in [1.82, 2.24) is 10.6 Å². The van der Waals surface area contributed by atoms with Gasteiger partial charge in [0.2, 0.25) is 0 Å². The summed E-state index contributed by atoms with van der Waals surface area (Å²) < 4.78 is 10.3. The van der Waals surface area contributed by atoms with Gasteiger partial charge in [0.05, 0.1) is 38.1 Å². The van der Waals surface area contributed by atoms with Gasteiger partial charge in [0.25, 0.3) is 0 Å². The van der Waals surface area contributed by atoms with Gasteiger partial charge < -0.3 is 25.0 Å². The van der Waals surface area contributed by atoms with Crippen LogP contribution in [0.3, 0.4) is 0 Å². The molecule has 2 aromatic rings. The molecule has 2 heterocycles. The molecule has 0 saturated heterocycles. The van der Waals surface area contributed by atoms with Crippen LogP contribution in [0.1, 0.15) is 17.2 Å². The maximum atomic E-state index is 12.7. The number of methoxy groups -OCH3 is 2. The second kappa shape index (κ2) is 7.87. The number of rotatable bonds is 5. The lowest BCUT2D eigenvalue weighted by molar-refractivity contribution is -0.136. The van der Waals surface area contributed by atoms with Gasteiger partial charge in [-0.1, -0.05) is 30.3 Å². The molecule has 0 spiro atoms. The molecular weight excluding hydrogens is 370 g/mol. The standard InChI is InChI=1S/C22H23N3O4/c1-28-16-9-7-15(8-10-16)20-19(21(26)29-2)17(23-22(27)24-20)13-25-12-11-14-5-3-4-6-18(14)25/h3-10,20H,11-13H2,1-2H3,(H2,23,24,27)/t20-/m0/s1. The molecular formula is C22H23N3O4. The minimum Gasteiger partial charge on any atom is -0.497 e. The van der Waals surface area contributed by atoms with E-state index in [1.807, 2.05) is 24.3 Å². The highest BCUT2D eigenvalue weighted by Crippen LogP contribution is 2.32. The zero-order valence-electron chi connectivity index (χ0n) is 16.4. The van der Waals surface area contributed by atoms with Crippen LogP contribution < -0.4 is 20.3 Å². The Morgan fingerprint density at radius 3 is 2.62 bits per heavy atom. The SMILES string of the molecule is COC(=O)C1=C(CN2CCc3ccccc32)NC(=O)N[C@H]1c1ccc(OC)cc1. The number of urea groups is 1. The lowest BCUT2D eigenvalue weighted by Gasteiger charge is -2.31. The number of nitrogens with one attached hydrogen (secondary N) is 2. The molecule has 4 rings (SSSR count). The monoisotopic (exact) mass is 393 g/mol. The second-order valence-electron chi connectivity index (χ2n) is 6.99. The first-order chi connectivity index (χ1) is 14.1. The van der Waals surface area contributed by atoms with Gasteiger partial charge in [0.15, 0.2) is 0 Å². The van der Waals surface area contributed by atoms with Crippen molar-refractivity contribution in [2.24, 2.45) is 0 Å². The summed E-state index contributed by atoms with van der Waals surface area (Å²) in [7, 11) is 2.94. The zero-order chi connectivity index (χ0) is 20.4. The van der Waals surface area contributed by atoms with Gasteiger partial charge in [0, 0.05) is 12.2 Å². The molecule has 2 amide bonds. The second-order valence-corrected chi connectivity index (χ2v) is 6.99. The van der Waals surface area contributed by atoms with Crippen LogP contribution in [-0.4, -0.2) is 39.3 Å². The quantitative estimate of drug-likeness (QED) is 0.763. The largest absolute Gasteiger partial charge is 0.497 e. The maximum Gasteiger partial charge on any atom is 0.338 e. The number of ether oxygens (including phenoxy) is 2. The average molecular weight is 393 g/mol. The Kier molecular flexibility index (Phi) is 5.12. The van der Waals surface area contributed by atoms with Crippen molar-refractivity contribution in [3.63, 3.8) is 0 Å². The third-order valence-electron chi connectivity index (χ3n) is 5.34. The van der Waals surface area contributed by atoms with E-state index in [-0.39, 0.29) is 6.03 Å². The van der Waals surface area contributed by atoms with Crippen LogP contribution >= 0.6 is 0 Å². The van der Waals surface area contributed by atoms with Gasteiger partial charge >= 0.3 is 12.0 Å². The highest BCUT2D eigenvalue weighted by molar-refractivity contribution is 5.95. The van der Waals surface area contributed by atoms with E-state index in [1.54, 1.807) is 19.2 Å². The first-order valence-corrected chi connectivity index (χ1v) is 9.46. The fourth-order valence-electron chi connectivity index (χ4n) is 3.90. The van der Waals surface area contributed by atoms with Crippen LogP contribution in [0.4, 0.5) is 10.5 Å². The molecule has 7 heteroatoms. The molecule has 0 fully saturated rings. The number of para-hydroxylation sites is 1. The van der Waals surface area contributed by atoms with Gasteiger partial charge in [-0.2, -0.15) is 0 Å². The van der Waals surface area contributed by atoms with E-state index in [0.29, 0.717) is 23.6 Å². The Morgan fingerprint density at radius 1 is 1.14 bits per heavy atom. The summed E-state index contributed by atoms with van der Waals surface area (Å²) in [6, 6.07) is 14.5. The van der Waals surface area contributed by atoms with Gasteiger partial charge in [-0.25, -0.2) is 9.59 Å². The summed E-state index contributed by atoms with van der Waals surface area (Å²) >= 11 is 0. The van der Waals surface area contributed by atoms with Crippen LogP contribution in [0, 0.1) is 0 Å². The minimum atomic E-state index is -0.602. The Labute approximate surface area is 169 Å². The highest BCUT2D eigenvalue weighted by Gasteiger charge is 2.34. The highest BCUT2D eigenvalue weighted by atomic mass is 16.5. The summed E-state index contributed by atoms with van der Waals surface area (Å²) in [5.41, 5.74) is 4.12. The molecule has 0 aromatic heterocycles. The fourth-order valence-corrected chi connectivity index (χ4v) is 3.90. The number of fused-ring (bicyclic) bond motifs is 1. The van der Waals surface area contributed by atoms with Gasteiger partial charge in [-0.05, 0) is 35.7 Å². The Bertz CT molecular complexity index is 968. The number of anilines is 1. The van der Waals surface area contributed by atoms with Gasteiger partial charge in [-0.15, -0.1) is 0 Å². The van der Waals surface area contributed by atoms with Crippen LogP contribution in [0.5, 0.6) is 5.75 Å². The number of amides is 2. The molecule has 1 atom stereocenters. The molecule has 0 unspecified atom stereocenters. The number of hydrogen-bond acceptors (Lipinski definition) is 5. The molecule has 2 N–H and O–H groups in total. The van der Waals surface area contributed by atoms with E-state index < -0.39 is 12.0 Å². The number of hydrogen-bond donors (Lipinski definition) is 2. The molecule has 2 aliphatic rings. The molecule has 0 bridgehead atoms. The zero-order valence-corrected chi connectivity index (χ0v) is 16.4. The number of esters is 1. The number of nitrogens with zero attached hydrogens (tertiary/aromatic N) is 1. The summed E-state index contributed by atoms with van der Waals surface area (Å²) in [6.07, 6.45) is 0.936. The van der Waals surface area contributed by atoms with E-state index in [2.05, 4.69) is 27.7 Å². The predicted molar refractivity (Wildman–Crippen MR) is 109 cm³/mol. The summed E-state index contributed by atoms with van der Waals surface area (Å²) in [6.45, 7) is 1.25. The lowest BCUT2D eigenvalue weighted by Crippen LogP contribution is -2.48. The molecule has 2 aliphatic heterocycles. The van der Waals surface area contributed by atoms with E-state index in [1.165, 1.54) is 12.7 Å². The minimum absolute atomic E-state index is 0.346. The van der Waals surface area contributed by atoms with Crippen LogP contribution in [-0.2, 0) is 16.0 Å². The number of carbonyl (C=O) groups excluding carboxylic acids is 2. The van der Waals surface area contributed by atoms with Crippen molar-refractivity contribution in [1.29, 1.82) is 0 Å². The molecule has 29 heavy (non-hydrogen) atoms. The van der Waals surface area contributed by atoms with Crippen molar-refractivity contribution in [2.45, 2.75) is 12.5 Å². The summed E-state index contributed by atoms with van der Waals surface area (Å²) in [5, 5.41) is 5.67. The van der Waals surface area contributed by atoms with Gasteiger partial charge in [-0.3, -0.25) is 0 Å². The Balaban J connectivity index is 1.72. The van der Waals surface area contributed by atoms with E-state index in [0.717, 1.165) is 24.2 Å². The molecule has 2 aromatic carbocycles. The molecule has 150 valence electrons. The van der Waals surface area contributed by atoms with Crippen molar-refractivity contribution in [2.75, 3.05) is 32.2 Å². The first kappa shape index (κ1) is 18.9. The van der Waals surface area contributed by atoms with Crippen molar-refractivity contribution in [3.8, 4) is 5.75 Å². The van der Waals surface area contributed by atoms with Crippen LogP contribution in [0.2, 0.25) is 0 Å². The van der Waals surface area contributed by atoms with Crippen molar-refractivity contribution >= 4 is 17.7 Å². The smallest absolute Gasteiger partial charge is 0.338 e. The Hall–Kier alpha value is -3.48. The van der Waals surface area contributed by atoms with E-state index in [9.17, 15) is 9.59 Å². The fraction of sp³-hybridized carbons (Fsp3) is 0.273. The molecule has 7 nitrogen and oxygen atoms in total. The molecule has 0 saturated carbocycles. The molecule has 0 aliphatic carbocycles. The molecule has 0 radical (unpaired) electrons. The third kappa shape index (κ3) is 3.63. The van der Waals surface area contributed by atoms with Crippen LogP contribution in [0.15, 0.2) is 59.8 Å². The van der Waals surface area contributed by atoms with Crippen LogP contribution in [0.25, 0.3) is 0 Å². The van der Waals surface area contributed by atoms with Crippen molar-refractivity contribution < 1.29 is 19.1 Å². The average Bonchev–Trinajstić information content (AvgIpc) is 3.16. The van der Waals surface area contributed by atoms with E-state index in [4.69, 9.17) is 9.47 Å². The Morgan fingerprint density at radius 2 is 1.90 bits per heavy atom. The van der Waals surface area contributed by atoms with Gasteiger partial charge in [0.1, 0.15) is 5.75 Å². The van der Waals surface area contributed by atoms with Crippen molar-refractivity contribution in [3.05, 3.63) is 70.9 Å². The summed E-state index contributed by atoms with van der Waals surface area (Å²) in [5.74, 6) is 0.229.